The third-order valence-electron chi connectivity index (χ3n) is 4.39. The zero-order valence-electron chi connectivity index (χ0n) is 13.0. The van der Waals surface area contributed by atoms with E-state index in [1.165, 1.54) is 10.9 Å². The van der Waals surface area contributed by atoms with Gasteiger partial charge < -0.3 is 4.90 Å². The second-order valence-electron chi connectivity index (χ2n) is 5.80. The summed E-state index contributed by atoms with van der Waals surface area (Å²) >= 11 is 0. The van der Waals surface area contributed by atoms with E-state index in [4.69, 9.17) is 0 Å². The molecule has 1 aromatic carbocycles. The van der Waals surface area contributed by atoms with Gasteiger partial charge in [0.15, 0.2) is 0 Å². The maximum atomic E-state index is 4.50. The highest BCUT2D eigenvalue weighted by Gasteiger charge is 2.18. The van der Waals surface area contributed by atoms with Gasteiger partial charge in [-0.05, 0) is 12.1 Å². The van der Waals surface area contributed by atoms with Crippen molar-refractivity contribution in [3.8, 4) is 0 Å². The van der Waals surface area contributed by atoms with Crippen LogP contribution in [0.3, 0.4) is 0 Å². The second-order valence-corrected chi connectivity index (χ2v) is 5.80. The fourth-order valence-corrected chi connectivity index (χ4v) is 3.07. The van der Waals surface area contributed by atoms with E-state index in [-0.39, 0.29) is 0 Å². The van der Waals surface area contributed by atoms with Gasteiger partial charge >= 0.3 is 0 Å². The van der Waals surface area contributed by atoms with Crippen molar-refractivity contribution in [3.63, 3.8) is 0 Å². The maximum absolute atomic E-state index is 4.50. The minimum Gasteiger partial charge on any atom is -0.338 e. The molecule has 3 heterocycles. The van der Waals surface area contributed by atoms with Gasteiger partial charge in [-0.2, -0.15) is 5.10 Å². The van der Waals surface area contributed by atoms with Gasteiger partial charge in [-0.3, -0.25) is 9.58 Å². The summed E-state index contributed by atoms with van der Waals surface area (Å²) in [5, 5.41) is 5.71. The first kappa shape index (κ1) is 14.1. The number of anilines is 1. The van der Waals surface area contributed by atoms with Crippen LogP contribution in [0.2, 0.25) is 0 Å². The van der Waals surface area contributed by atoms with E-state index in [1.54, 1.807) is 12.4 Å². The molecule has 0 radical (unpaired) electrons. The third-order valence-corrected chi connectivity index (χ3v) is 4.39. The van der Waals surface area contributed by atoms with E-state index in [9.17, 15) is 0 Å². The largest absolute Gasteiger partial charge is 0.338 e. The quantitative estimate of drug-likeness (QED) is 0.733. The van der Waals surface area contributed by atoms with Crippen molar-refractivity contribution >= 4 is 16.9 Å². The number of fused-ring (bicyclic) bond motifs is 1. The minimum absolute atomic E-state index is 0.838. The van der Waals surface area contributed by atoms with Crippen molar-refractivity contribution in [2.24, 2.45) is 0 Å². The molecular formula is C17H20N6. The third kappa shape index (κ3) is 3.03. The van der Waals surface area contributed by atoms with Gasteiger partial charge in [-0.15, -0.1) is 0 Å². The molecule has 0 amide bonds. The number of piperazine rings is 1. The van der Waals surface area contributed by atoms with E-state index in [2.05, 4.69) is 53.8 Å². The van der Waals surface area contributed by atoms with E-state index in [0.29, 0.717) is 0 Å². The molecule has 118 valence electrons. The first-order valence-electron chi connectivity index (χ1n) is 8.05. The molecule has 0 saturated carbocycles. The normalized spacial score (nSPS) is 16.1. The average Bonchev–Trinajstić information content (AvgIpc) is 3.04. The topological polar surface area (TPSA) is 50.1 Å². The molecular weight excluding hydrogens is 288 g/mol. The lowest BCUT2D eigenvalue weighted by Gasteiger charge is -2.34. The van der Waals surface area contributed by atoms with Crippen molar-refractivity contribution in [1.82, 2.24) is 24.6 Å². The molecule has 0 spiro atoms. The fraction of sp³-hybridized carbons (Fsp3) is 0.353. The molecule has 0 bridgehead atoms. The molecule has 2 aromatic heterocycles. The smallest absolute Gasteiger partial charge is 0.225 e. The first-order valence-corrected chi connectivity index (χ1v) is 8.05. The van der Waals surface area contributed by atoms with Crippen LogP contribution in [0.5, 0.6) is 0 Å². The van der Waals surface area contributed by atoms with Gasteiger partial charge in [0.25, 0.3) is 0 Å². The van der Waals surface area contributed by atoms with Crippen LogP contribution >= 0.6 is 0 Å². The molecule has 1 aliphatic heterocycles. The number of hydrogen-bond donors (Lipinski definition) is 0. The number of para-hydroxylation sites is 1. The molecule has 4 rings (SSSR count). The van der Waals surface area contributed by atoms with Crippen LogP contribution in [0.4, 0.5) is 5.95 Å². The van der Waals surface area contributed by atoms with Crippen LogP contribution in [-0.2, 0) is 6.54 Å². The standard InChI is InChI=1S/C17H20N6/c1-2-5-16-15(4-1)14-20-23(16)13-10-21-8-11-22(12-9-21)17-18-6-3-7-19-17/h1-7,14H,8-13H2. The van der Waals surface area contributed by atoms with E-state index in [0.717, 1.165) is 45.2 Å². The molecule has 6 heteroatoms. The van der Waals surface area contributed by atoms with E-state index < -0.39 is 0 Å². The van der Waals surface area contributed by atoms with Crippen LogP contribution in [-0.4, -0.2) is 57.4 Å². The van der Waals surface area contributed by atoms with E-state index in [1.807, 2.05) is 12.3 Å². The summed E-state index contributed by atoms with van der Waals surface area (Å²) in [5.74, 6) is 0.838. The Bertz CT molecular complexity index is 761. The van der Waals surface area contributed by atoms with Crippen molar-refractivity contribution in [1.29, 1.82) is 0 Å². The lowest BCUT2D eigenvalue weighted by Crippen LogP contribution is -2.47. The van der Waals surface area contributed by atoms with Gasteiger partial charge in [-0.25, -0.2) is 9.97 Å². The summed E-state index contributed by atoms with van der Waals surface area (Å²) in [6.45, 7) is 5.98. The molecule has 1 aliphatic rings. The zero-order valence-corrected chi connectivity index (χ0v) is 13.0. The predicted molar refractivity (Wildman–Crippen MR) is 90.4 cm³/mol. The Labute approximate surface area is 135 Å². The molecule has 1 saturated heterocycles. The van der Waals surface area contributed by atoms with E-state index >= 15 is 0 Å². The monoisotopic (exact) mass is 308 g/mol. The van der Waals surface area contributed by atoms with Crippen LogP contribution in [0.25, 0.3) is 10.9 Å². The second kappa shape index (κ2) is 6.34. The molecule has 1 fully saturated rings. The number of aromatic nitrogens is 4. The van der Waals surface area contributed by atoms with Crippen LogP contribution < -0.4 is 4.90 Å². The highest BCUT2D eigenvalue weighted by atomic mass is 15.3. The van der Waals surface area contributed by atoms with Gasteiger partial charge in [-0.1, -0.05) is 18.2 Å². The predicted octanol–water partition coefficient (Wildman–Crippen LogP) is 1.65. The molecule has 23 heavy (non-hydrogen) atoms. The van der Waals surface area contributed by atoms with Crippen molar-refractivity contribution in [2.45, 2.75) is 6.54 Å². The van der Waals surface area contributed by atoms with Crippen molar-refractivity contribution in [2.75, 3.05) is 37.6 Å². The fourth-order valence-electron chi connectivity index (χ4n) is 3.07. The summed E-state index contributed by atoms with van der Waals surface area (Å²) in [4.78, 5) is 13.4. The van der Waals surface area contributed by atoms with Gasteiger partial charge in [0.1, 0.15) is 0 Å². The van der Waals surface area contributed by atoms with Gasteiger partial charge in [0, 0.05) is 50.5 Å². The van der Waals surface area contributed by atoms with Crippen LogP contribution in [0, 0.1) is 0 Å². The number of nitrogens with zero attached hydrogens (tertiary/aromatic N) is 6. The molecule has 0 atom stereocenters. The molecule has 6 nitrogen and oxygen atoms in total. The van der Waals surface area contributed by atoms with Gasteiger partial charge in [0.2, 0.25) is 5.95 Å². The first-order chi connectivity index (χ1) is 11.4. The van der Waals surface area contributed by atoms with Gasteiger partial charge in [0.05, 0.1) is 18.3 Å². The Morgan fingerprint density at radius 3 is 2.48 bits per heavy atom. The minimum atomic E-state index is 0.838. The highest BCUT2D eigenvalue weighted by Crippen LogP contribution is 2.13. The average molecular weight is 308 g/mol. The Morgan fingerprint density at radius 2 is 1.65 bits per heavy atom. The summed E-state index contributed by atoms with van der Waals surface area (Å²) in [5.41, 5.74) is 1.21. The lowest BCUT2D eigenvalue weighted by atomic mass is 10.2. The van der Waals surface area contributed by atoms with Crippen LogP contribution in [0.1, 0.15) is 0 Å². The maximum Gasteiger partial charge on any atom is 0.225 e. The number of benzene rings is 1. The summed E-state index contributed by atoms with van der Waals surface area (Å²) in [7, 11) is 0. The Kier molecular flexibility index (Phi) is 3.90. The summed E-state index contributed by atoms with van der Waals surface area (Å²) in [6.07, 6.45) is 5.55. The van der Waals surface area contributed by atoms with Crippen LogP contribution in [0.15, 0.2) is 48.9 Å². The SMILES string of the molecule is c1cnc(N2CCN(CCn3ncc4ccccc43)CC2)nc1. The summed E-state index contributed by atoms with van der Waals surface area (Å²) < 4.78 is 2.10. The highest BCUT2D eigenvalue weighted by molar-refractivity contribution is 5.78. The lowest BCUT2D eigenvalue weighted by molar-refractivity contribution is 0.245. The Balaban J connectivity index is 1.33. The Hall–Kier alpha value is -2.47. The zero-order chi connectivity index (χ0) is 15.5. The van der Waals surface area contributed by atoms with Crippen molar-refractivity contribution in [3.05, 3.63) is 48.9 Å². The molecule has 0 N–H and O–H groups in total. The molecule has 0 unspecified atom stereocenters. The van der Waals surface area contributed by atoms with Crippen molar-refractivity contribution < 1.29 is 0 Å². The summed E-state index contributed by atoms with van der Waals surface area (Å²) in [6, 6.07) is 10.2. The Morgan fingerprint density at radius 1 is 0.870 bits per heavy atom. The number of hydrogen-bond acceptors (Lipinski definition) is 5. The number of rotatable bonds is 4. The molecule has 0 aliphatic carbocycles. The molecule has 3 aromatic rings.